The summed E-state index contributed by atoms with van der Waals surface area (Å²) in [4.78, 5) is 12.2. The highest BCUT2D eigenvalue weighted by Crippen LogP contribution is 2.17. The molecule has 0 spiro atoms. The van der Waals surface area contributed by atoms with Crippen molar-refractivity contribution in [2.45, 2.75) is 39.5 Å². The third kappa shape index (κ3) is 3.85. The number of carbonyl (C=O) groups is 1. The van der Waals surface area contributed by atoms with Crippen molar-refractivity contribution in [1.82, 2.24) is 9.78 Å². The molecule has 1 aromatic heterocycles. The number of benzene rings is 1. The van der Waals surface area contributed by atoms with Gasteiger partial charge in [-0.2, -0.15) is 5.10 Å². The molecule has 1 heterocycles. The first kappa shape index (κ1) is 16.0. The Morgan fingerprint density at radius 1 is 1.36 bits per heavy atom. The standard InChI is InChI=1S/C16H21N3O3/c1-11(2)19-15(7-8-17-19)18-16(21)12(3)22-14-6-4-5-13(9-14)10-20/h4-9,11-12,20H,10H2,1-3H3,(H,18,21). The van der Waals surface area contributed by atoms with Gasteiger partial charge in [-0.05, 0) is 38.5 Å². The van der Waals surface area contributed by atoms with Crippen LogP contribution in [0.25, 0.3) is 0 Å². The Morgan fingerprint density at radius 3 is 2.82 bits per heavy atom. The minimum atomic E-state index is -0.663. The van der Waals surface area contributed by atoms with Crippen molar-refractivity contribution in [3.63, 3.8) is 0 Å². The number of hydrogen-bond acceptors (Lipinski definition) is 4. The smallest absolute Gasteiger partial charge is 0.266 e. The monoisotopic (exact) mass is 303 g/mol. The lowest BCUT2D eigenvalue weighted by molar-refractivity contribution is -0.122. The van der Waals surface area contributed by atoms with Crippen LogP contribution < -0.4 is 10.1 Å². The molecule has 1 unspecified atom stereocenters. The van der Waals surface area contributed by atoms with Gasteiger partial charge in [-0.25, -0.2) is 4.68 Å². The van der Waals surface area contributed by atoms with E-state index in [1.807, 2.05) is 13.8 Å². The second-order valence-corrected chi connectivity index (χ2v) is 5.31. The van der Waals surface area contributed by atoms with Crippen LogP contribution in [0, 0.1) is 0 Å². The summed E-state index contributed by atoms with van der Waals surface area (Å²) >= 11 is 0. The van der Waals surface area contributed by atoms with Crippen LogP contribution in [0.2, 0.25) is 0 Å². The van der Waals surface area contributed by atoms with E-state index in [0.29, 0.717) is 11.6 Å². The van der Waals surface area contributed by atoms with Gasteiger partial charge in [0.25, 0.3) is 5.91 Å². The number of carbonyl (C=O) groups excluding carboxylic acids is 1. The van der Waals surface area contributed by atoms with Crippen LogP contribution >= 0.6 is 0 Å². The van der Waals surface area contributed by atoms with E-state index < -0.39 is 6.10 Å². The number of ether oxygens (including phenoxy) is 1. The Hall–Kier alpha value is -2.34. The predicted octanol–water partition coefficient (Wildman–Crippen LogP) is 2.36. The summed E-state index contributed by atoms with van der Waals surface area (Å²) in [5, 5.41) is 16.1. The molecule has 1 atom stereocenters. The summed E-state index contributed by atoms with van der Waals surface area (Å²) in [5.74, 6) is 0.933. The van der Waals surface area contributed by atoms with Crippen LogP contribution in [0.3, 0.4) is 0 Å². The van der Waals surface area contributed by atoms with Gasteiger partial charge in [0.2, 0.25) is 0 Å². The molecule has 1 amide bonds. The van der Waals surface area contributed by atoms with Crippen LogP contribution in [-0.4, -0.2) is 26.9 Å². The highest BCUT2D eigenvalue weighted by atomic mass is 16.5. The molecule has 0 saturated heterocycles. The zero-order valence-corrected chi connectivity index (χ0v) is 13.0. The van der Waals surface area contributed by atoms with Crippen molar-refractivity contribution >= 4 is 11.7 Å². The quantitative estimate of drug-likeness (QED) is 0.859. The molecule has 22 heavy (non-hydrogen) atoms. The maximum atomic E-state index is 12.2. The van der Waals surface area contributed by atoms with Crippen molar-refractivity contribution in [3.05, 3.63) is 42.1 Å². The van der Waals surface area contributed by atoms with Gasteiger partial charge in [-0.15, -0.1) is 0 Å². The molecule has 6 nitrogen and oxygen atoms in total. The highest BCUT2D eigenvalue weighted by molar-refractivity contribution is 5.93. The van der Waals surface area contributed by atoms with Gasteiger partial charge in [0.15, 0.2) is 6.10 Å². The lowest BCUT2D eigenvalue weighted by Gasteiger charge is -2.16. The number of aliphatic hydroxyl groups is 1. The summed E-state index contributed by atoms with van der Waals surface area (Å²) < 4.78 is 7.35. The van der Waals surface area contributed by atoms with Gasteiger partial charge in [-0.3, -0.25) is 4.79 Å². The van der Waals surface area contributed by atoms with Crippen molar-refractivity contribution in [2.75, 3.05) is 5.32 Å². The van der Waals surface area contributed by atoms with E-state index in [4.69, 9.17) is 9.84 Å². The summed E-state index contributed by atoms with van der Waals surface area (Å²) in [7, 11) is 0. The maximum Gasteiger partial charge on any atom is 0.266 e. The van der Waals surface area contributed by atoms with Gasteiger partial charge in [0.1, 0.15) is 11.6 Å². The van der Waals surface area contributed by atoms with E-state index in [1.165, 1.54) is 0 Å². The second kappa shape index (κ2) is 7.09. The molecule has 2 N–H and O–H groups in total. The van der Waals surface area contributed by atoms with Gasteiger partial charge in [-0.1, -0.05) is 12.1 Å². The topological polar surface area (TPSA) is 76.4 Å². The SMILES string of the molecule is CC(Oc1cccc(CO)c1)C(=O)Nc1ccnn1C(C)C. The van der Waals surface area contributed by atoms with Crippen molar-refractivity contribution in [2.24, 2.45) is 0 Å². The second-order valence-electron chi connectivity index (χ2n) is 5.31. The zero-order chi connectivity index (χ0) is 16.1. The molecule has 0 aliphatic carbocycles. The van der Waals surface area contributed by atoms with E-state index in [9.17, 15) is 4.79 Å². The first-order chi connectivity index (χ1) is 10.5. The van der Waals surface area contributed by atoms with Crippen LogP contribution in [0.5, 0.6) is 5.75 Å². The molecule has 1 aromatic carbocycles. The van der Waals surface area contributed by atoms with Crippen LogP contribution in [0.15, 0.2) is 36.5 Å². The van der Waals surface area contributed by atoms with E-state index in [0.717, 1.165) is 5.56 Å². The summed E-state index contributed by atoms with van der Waals surface area (Å²) in [6.45, 7) is 5.59. The third-order valence-electron chi connectivity index (χ3n) is 3.17. The number of amides is 1. The number of nitrogens with one attached hydrogen (secondary N) is 1. The Labute approximate surface area is 129 Å². The van der Waals surface area contributed by atoms with Crippen LogP contribution in [0.4, 0.5) is 5.82 Å². The molecule has 0 fully saturated rings. The molecule has 0 bridgehead atoms. The average Bonchev–Trinajstić information content (AvgIpc) is 2.95. The lowest BCUT2D eigenvalue weighted by atomic mass is 10.2. The van der Waals surface area contributed by atoms with Gasteiger partial charge in [0.05, 0.1) is 12.8 Å². The molecular formula is C16H21N3O3. The van der Waals surface area contributed by atoms with E-state index in [-0.39, 0.29) is 18.6 Å². The molecule has 2 aromatic rings. The van der Waals surface area contributed by atoms with Gasteiger partial charge in [0, 0.05) is 12.1 Å². The van der Waals surface area contributed by atoms with E-state index >= 15 is 0 Å². The molecule has 0 aliphatic rings. The summed E-state index contributed by atoms with van der Waals surface area (Å²) in [5.41, 5.74) is 0.739. The Morgan fingerprint density at radius 2 is 2.14 bits per heavy atom. The highest BCUT2D eigenvalue weighted by Gasteiger charge is 2.17. The number of nitrogens with zero attached hydrogens (tertiary/aromatic N) is 2. The van der Waals surface area contributed by atoms with Crippen LogP contribution in [-0.2, 0) is 11.4 Å². The van der Waals surface area contributed by atoms with Gasteiger partial charge < -0.3 is 15.2 Å². The first-order valence-electron chi connectivity index (χ1n) is 7.22. The van der Waals surface area contributed by atoms with Crippen molar-refractivity contribution < 1.29 is 14.6 Å². The predicted molar refractivity (Wildman–Crippen MR) is 83.7 cm³/mol. The fraction of sp³-hybridized carbons (Fsp3) is 0.375. The molecule has 2 rings (SSSR count). The molecule has 0 aliphatic heterocycles. The Kier molecular flexibility index (Phi) is 5.16. The first-order valence-corrected chi connectivity index (χ1v) is 7.22. The van der Waals surface area contributed by atoms with Crippen molar-refractivity contribution in [3.8, 4) is 5.75 Å². The molecule has 118 valence electrons. The molecular weight excluding hydrogens is 282 g/mol. The fourth-order valence-electron chi connectivity index (χ4n) is 2.03. The average molecular weight is 303 g/mol. The Balaban J connectivity index is 2.01. The number of aliphatic hydroxyl groups excluding tert-OH is 1. The molecule has 6 heteroatoms. The minimum absolute atomic E-state index is 0.0641. The lowest BCUT2D eigenvalue weighted by Crippen LogP contribution is -2.31. The minimum Gasteiger partial charge on any atom is -0.481 e. The van der Waals surface area contributed by atoms with E-state index in [2.05, 4.69) is 10.4 Å². The molecule has 0 saturated carbocycles. The fourth-order valence-corrected chi connectivity index (χ4v) is 2.03. The van der Waals surface area contributed by atoms with Crippen molar-refractivity contribution in [1.29, 1.82) is 0 Å². The Bertz CT molecular complexity index is 637. The van der Waals surface area contributed by atoms with Crippen LogP contribution in [0.1, 0.15) is 32.4 Å². The van der Waals surface area contributed by atoms with E-state index in [1.54, 1.807) is 48.1 Å². The maximum absolute atomic E-state index is 12.2. The number of anilines is 1. The number of rotatable bonds is 6. The zero-order valence-electron chi connectivity index (χ0n) is 13.0. The molecule has 0 radical (unpaired) electrons. The summed E-state index contributed by atoms with van der Waals surface area (Å²) in [6, 6.07) is 8.93. The number of aromatic nitrogens is 2. The third-order valence-corrected chi connectivity index (χ3v) is 3.17. The van der Waals surface area contributed by atoms with Gasteiger partial charge >= 0.3 is 0 Å². The summed E-state index contributed by atoms with van der Waals surface area (Å²) in [6.07, 6.45) is 0.982. The number of hydrogen-bond donors (Lipinski definition) is 2. The largest absolute Gasteiger partial charge is 0.481 e. The normalized spacial score (nSPS) is 12.2.